The Morgan fingerprint density at radius 1 is 1.20 bits per heavy atom. The number of rotatable bonds is 2. The fourth-order valence-corrected chi connectivity index (χ4v) is 3.33. The molecule has 114 valence electrons. The first kappa shape index (κ1) is 15.1. The second-order valence-electron chi connectivity index (χ2n) is 7.00. The van der Waals surface area contributed by atoms with Crippen molar-refractivity contribution in [3.05, 3.63) is 0 Å². The Balaban J connectivity index is 2.07. The lowest BCUT2D eigenvalue weighted by molar-refractivity contribution is -0.142. The zero-order valence-electron chi connectivity index (χ0n) is 12.3. The lowest BCUT2D eigenvalue weighted by atomic mass is 9.87. The monoisotopic (exact) mass is 284 g/mol. The summed E-state index contributed by atoms with van der Waals surface area (Å²) in [6, 6.07) is -1.15. The van der Waals surface area contributed by atoms with Gasteiger partial charge < -0.3 is 20.4 Å². The van der Waals surface area contributed by atoms with Gasteiger partial charge in [-0.3, -0.25) is 0 Å². The summed E-state index contributed by atoms with van der Waals surface area (Å²) in [5.41, 5.74) is -0.546. The van der Waals surface area contributed by atoms with E-state index in [0.29, 0.717) is 12.8 Å². The molecule has 2 fully saturated rings. The quantitative estimate of drug-likeness (QED) is 0.710. The van der Waals surface area contributed by atoms with Crippen molar-refractivity contribution in [1.82, 2.24) is 10.2 Å². The number of fused-ring (bicyclic) bond motifs is 2. The van der Waals surface area contributed by atoms with Crippen LogP contribution in [0, 0.1) is 5.41 Å². The van der Waals surface area contributed by atoms with Crippen LogP contribution in [0.1, 0.15) is 46.5 Å². The van der Waals surface area contributed by atoms with Gasteiger partial charge in [0.15, 0.2) is 0 Å². The van der Waals surface area contributed by atoms with E-state index in [1.807, 2.05) is 0 Å². The van der Waals surface area contributed by atoms with E-state index in [-0.39, 0.29) is 24.2 Å². The first-order valence-corrected chi connectivity index (χ1v) is 7.20. The topological polar surface area (TPSA) is 89.9 Å². The van der Waals surface area contributed by atoms with Crippen LogP contribution in [0.25, 0.3) is 0 Å². The average Bonchev–Trinajstić information content (AvgIpc) is 2.56. The van der Waals surface area contributed by atoms with Crippen molar-refractivity contribution in [2.45, 2.75) is 70.7 Å². The molecule has 2 bridgehead atoms. The predicted octanol–water partition coefficient (Wildman–Crippen LogP) is 1.18. The Morgan fingerprint density at radius 2 is 1.70 bits per heavy atom. The van der Waals surface area contributed by atoms with Crippen LogP contribution in [-0.4, -0.2) is 51.3 Å². The molecule has 20 heavy (non-hydrogen) atoms. The van der Waals surface area contributed by atoms with Gasteiger partial charge in [-0.25, -0.2) is 9.59 Å². The summed E-state index contributed by atoms with van der Waals surface area (Å²) < 4.78 is 0. The number of aliphatic carboxylic acids is 1. The Kier molecular flexibility index (Phi) is 3.95. The number of aliphatic hydroxyl groups excluding tert-OH is 1. The van der Waals surface area contributed by atoms with E-state index < -0.39 is 17.4 Å². The molecule has 0 aromatic heterocycles. The first-order valence-electron chi connectivity index (χ1n) is 7.20. The Labute approximate surface area is 119 Å². The first-order chi connectivity index (χ1) is 9.20. The minimum absolute atomic E-state index is 0.0400. The molecule has 6 heteroatoms. The number of urea groups is 1. The maximum absolute atomic E-state index is 12.4. The van der Waals surface area contributed by atoms with Crippen LogP contribution >= 0.6 is 0 Å². The van der Waals surface area contributed by atoms with Crippen molar-refractivity contribution in [1.29, 1.82) is 0 Å². The molecule has 0 aliphatic carbocycles. The number of carboxylic acids is 1. The number of hydrogen-bond donors (Lipinski definition) is 3. The summed E-state index contributed by atoms with van der Waals surface area (Å²) in [7, 11) is 0. The molecule has 3 atom stereocenters. The van der Waals surface area contributed by atoms with Crippen molar-refractivity contribution in [3.63, 3.8) is 0 Å². The summed E-state index contributed by atoms with van der Waals surface area (Å²) in [5.74, 6) is -1.02. The molecular weight excluding hydrogens is 260 g/mol. The van der Waals surface area contributed by atoms with Gasteiger partial charge in [0.25, 0.3) is 0 Å². The van der Waals surface area contributed by atoms with E-state index in [2.05, 4.69) is 5.32 Å². The van der Waals surface area contributed by atoms with Crippen molar-refractivity contribution < 1.29 is 19.8 Å². The van der Waals surface area contributed by atoms with Crippen LogP contribution in [0.3, 0.4) is 0 Å². The molecule has 2 unspecified atom stereocenters. The molecule has 0 aromatic carbocycles. The molecule has 3 N–H and O–H groups in total. The molecule has 0 spiro atoms. The number of aliphatic hydroxyl groups is 1. The molecule has 2 heterocycles. The van der Waals surface area contributed by atoms with Gasteiger partial charge in [0, 0.05) is 12.1 Å². The van der Waals surface area contributed by atoms with Crippen molar-refractivity contribution >= 4 is 12.0 Å². The molecule has 0 aromatic rings. The summed E-state index contributed by atoms with van der Waals surface area (Å²) >= 11 is 0. The number of carboxylic acid groups (broad SMARTS) is 1. The zero-order chi connectivity index (χ0) is 15.1. The minimum atomic E-state index is -1.02. The lowest BCUT2D eigenvalue weighted by Crippen LogP contribution is -2.57. The van der Waals surface area contributed by atoms with Gasteiger partial charge in [-0.2, -0.15) is 0 Å². The van der Waals surface area contributed by atoms with Gasteiger partial charge in [0.1, 0.15) is 6.04 Å². The maximum atomic E-state index is 12.4. The standard InChI is InChI=1S/C14H24N2O4/c1-14(2,3)11(12(18)19)15-13(20)16-8-4-5-9(16)7-10(17)6-8/h8-11,17H,4-7H2,1-3H3,(H,15,20)(H,18,19)/t8?,9?,10?,11-/m0/s1. The Bertz CT molecular complexity index is 390. The summed E-state index contributed by atoms with van der Waals surface area (Å²) in [4.78, 5) is 25.5. The zero-order valence-corrected chi connectivity index (χ0v) is 12.3. The summed E-state index contributed by atoms with van der Waals surface area (Å²) in [6.45, 7) is 5.38. The third-order valence-electron chi connectivity index (χ3n) is 4.32. The third kappa shape index (κ3) is 2.90. The molecule has 6 nitrogen and oxygen atoms in total. The number of carbonyl (C=O) groups is 2. The molecular formula is C14H24N2O4. The molecule has 0 radical (unpaired) electrons. The highest BCUT2D eigenvalue weighted by Gasteiger charge is 2.44. The molecule has 2 rings (SSSR count). The normalized spacial score (nSPS) is 31.0. The average molecular weight is 284 g/mol. The smallest absolute Gasteiger partial charge is 0.326 e. The Morgan fingerprint density at radius 3 is 2.10 bits per heavy atom. The van der Waals surface area contributed by atoms with E-state index >= 15 is 0 Å². The van der Waals surface area contributed by atoms with Gasteiger partial charge in [-0.05, 0) is 31.1 Å². The molecule has 0 saturated carbocycles. The predicted molar refractivity (Wildman–Crippen MR) is 73.3 cm³/mol. The highest BCUT2D eigenvalue weighted by molar-refractivity contribution is 5.83. The number of hydrogen-bond acceptors (Lipinski definition) is 3. The fraction of sp³-hybridized carbons (Fsp3) is 0.857. The molecule has 2 amide bonds. The van der Waals surface area contributed by atoms with Crippen molar-refractivity contribution in [2.24, 2.45) is 5.41 Å². The summed E-state index contributed by atoms with van der Waals surface area (Å²) in [5, 5.41) is 21.7. The second kappa shape index (κ2) is 5.24. The van der Waals surface area contributed by atoms with Crippen molar-refractivity contribution in [3.8, 4) is 0 Å². The maximum Gasteiger partial charge on any atom is 0.326 e. The molecule has 2 saturated heterocycles. The van der Waals surface area contributed by atoms with Crippen LogP contribution in [0.2, 0.25) is 0 Å². The van der Waals surface area contributed by atoms with Gasteiger partial charge in [-0.1, -0.05) is 20.8 Å². The van der Waals surface area contributed by atoms with Crippen LogP contribution in [-0.2, 0) is 4.79 Å². The van der Waals surface area contributed by atoms with Gasteiger partial charge in [0.2, 0.25) is 0 Å². The van der Waals surface area contributed by atoms with Crippen LogP contribution < -0.4 is 5.32 Å². The number of nitrogens with one attached hydrogen (secondary N) is 1. The molecule has 2 aliphatic heterocycles. The van der Waals surface area contributed by atoms with Gasteiger partial charge in [-0.15, -0.1) is 0 Å². The van der Waals surface area contributed by atoms with Gasteiger partial charge in [0.05, 0.1) is 6.10 Å². The number of piperidine rings is 1. The van der Waals surface area contributed by atoms with E-state index in [1.54, 1.807) is 25.7 Å². The highest BCUT2D eigenvalue weighted by Crippen LogP contribution is 2.36. The van der Waals surface area contributed by atoms with Crippen LogP contribution in [0.15, 0.2) is 0 Å². The number of amides is 2. The number of carbonyl (C=O) groups excluding carboxylic acids is 1. The fourth-order valence-electron chi connectivity index (χ4n) is 3.33. The summed E-state index contributed by atoms with van der Waals surface area (Å²) in [6.07, 6.45) is 2.63. The largest absolute Gasteiger partial charge is 0.480 e. The molecule has 2 aliphatic rings. The van der Waals surface area contributed by atoms with E-state index in [9.17, 15) is 19.8 Å². The van der Waals surface area contributed by atoms with E-state index in [4.69, 9.17) is 0 Å². The minimum Gasteiger partial charge on any atom is -0.480 e. The van der Waals surface area contributed by atoms with E-state index in [0.717, 1.165) is 12.8 Å². The Hall–Kier alpha value is -1.30. The highest BCUT2D eigenvalue weighted by atomic mass is 16.4. The second-order valence-corrected chi connectivity index (χ2v) is 7.00. The lowest BCUT2D eigenvalue weighted by Gasteiger charge is -2.39. The van der Waals surface area contributed by atoms with Gasteiger partial charge >= 0.3 is 12.0 Å². The SMILES string of the molecule is CC(C)(C)[C@@H](NC(=O)N1C2CCC1CC(O)C2)C(=O)O. The van der Waals surface area contributed by atoms with Crippen LogP contribution in [0.5, 0.6) is 0 Å². The van der Waals surface area contributed by atoms with Crippen molar-refractivity contribution in [2.75, 3.05) is 0 Å². The third-order valence-corrected chi connectivity index (χ3v) is 4.32. The van der Waals surface area contributed by atoms with Crippen LogP contribution in [0.4, 0.5) is 4.79 Å². The number of nitrogens with zero attached hydrogens (tertiary/aromatic N) is 1. The van der Waals surface area contributed by atoms with E-state index in [1.165, 1.54) is 0 Å².